The highest BCUT2D eigenvalue weighted by molar-refractivity contribution is 6.30. The number of aromatic nitrogens is 2. The number of hydrogen-bond donors (Lipinski definition) is 2. The number of hydrazine groups is 1. The van der Waals surface area contributed by atoms with E-state index in [0.717, 1.165) is 22.6 Å². The van der Waals surface area contributed by atoms with Gasteiger partial charge in [0.05, 0.1) is 24.4 Å². The number of rotatable bonds is 8. The van der Waals surface area contributed by atoms with Gasteiger partial charge in [0, 0.05) is 16.3 Å². The summed E-state index contributed by atoms with van der Waals surface area (Å²) in [5.41, 5.74) is 7.97. The molecule has 0 unspecified atom stereocenters. The van der Waals surface area contributed by atoms with Gasteiger partial charge in [0.15, 0.2) is 18.1 Å². The van der Waals surface area contributed by atoms with Gasteiger partial charge in [-0.15, -0.1) is 0 Å². The zero-order valence-electron chi connectivity index (χ0n) is 18.1. The summed E-state index contributed by atoms with van der Waals surface area (Å²) in [7, 11) is 0. The predicted molar refractivity (Wildman–Crippen MR) is 121 cm³/mol. The van der Waals surface area contributed by atoms with Crippen LogP contribution in [0.5, 0.6) is 11.5 Å². The summed E-state index contributed by atoms with van der Waals surface area (Å²) < 4.78 is 12.7. The lowest BCUT2D eigenvalue weighted by Gasteiger charge is -2.12. The zero-order chi connectivity index (χ0) is 23.1. The molecule has 0 saturated heterocycles. The molecule has 0 aliphatic rings. The fraction of sp³-hybridized carbons (Fsp3) is 0.261. The summed E-state index contributed by atoms with van der Waals surface area (Å²) in [5.74, 6) is 0.150. The molecule has 2 amide bonds. The van der Waals surface area contributed by atoms with Crippen LogP contribution in [-0.4, -0.2) is 34.8 Å². The number of nitrogens with zero attached hydrogens (tertiary/aromatic N) is 2. The largest absolute Gasteiger partial charge is 0.490 e. The molecule has 0 aliphatic heterocycles. The first-order valence-corrected chi connectivity index (χ1v) is 10.5. The first kappa shape index (κ1) is 23.1. The Morgan fingerprint density at radius 1 is 0.969 bits per heavy atom. The minimum absolute atomic E-state index is 0.0690. The molecule has 0 spiro atoms. The van der Waals surface area contributed by atoms with Gasteiger partial charge < -0.3 is 9.47 Å². The highest BCUT2D eigenvalue weighted by Crippen LogP contribution is 2.26. The van der Waals surface area contributed by atoms with Crippen molar-refractivity contribution >= 4 is 23.4 Å². The maximum Gasteiger partial charge on any atom is 0.276 e. The summed E-state index contributed by atoms with van der Waals surface area (Å²) in [6.07, 6.45) is 0.0690. The van der Waals surface area contributed by atoms with Crippen LogP contribution in [-0.2, 0) is 16.0 Å². The Bertz CT molecular complexity index is 1100. The molecule has 0 fully saturated rings. The van der Waals surface area contributed by atoms with Crippen LogP contribution in [0.1, 0.15) is 23.9 Å². The number of halogens is 1. The maximum atomic E-state index is 12.4. The van der Waals surface area contributed by atoms with E-state index in [9.17, 15) is 9.59 Å². The fourth-order valence-corrected chi connectivity index (χ4v) is 3.26. The van der Waals surface area contributed by atoms with Crippen molar-refractivity contribution < 1.29 is 19.1 Å². The number of benzene rings is 2. The number of aryl methyl sites for hydroxylation is 1. The Balaban J connectivity index is 1.54. The molecule has 3 rings (SSSR count). The number of amides is 2. The molecule has 3 aromatic rings. The molecule has 0 atom stereocenters. The van der Waals surface area contributed by atoms with E-state index in [1.165, 1.54) is 0 Å². The Hall–Kier alpha value is -3.52. The summed E-state index contributed by atoms with van der Waals surface area (Å²) in [5, 5.41) is 5.15. The Kier molecular flexibility index (Phi) is 7.72. The van der Waals surface area contributed by atoms with Crippen LogP contribution in [0, 0.1) is 13.8 Å². The van der Waals surface area contributed by atoms with Crippen LogP contribution in [0.15, 0.2) is 48.5 Å². The highest BCUT2D eigenvalue weighted by Gasteiger charge is 2.16. The molecule has 0 bridgehead atoms. The first-order valence-electron chi connectivity index (χ1n) is 10.1. The summed E-state index contributed by atoms with van der Waals surface area (Å²) >= 11 is 5.95. The van der Waals surface area contributed by atoms with E-state index < -0.39 is 5.91 Å². The number of carbonyl (C=O) groups is 2. The van der Waals surface area contributed by atoms with E-state index >= 15 is 0 Å². The van der Waals surface area contributed by atoms with Gasteiger partial charge in [0.2, 0.25) is 5.91 Å². The van der Waals surface area contributed by atoms with Gasteiger partial charge in [-0.25, -0.2) is 4.68 Å². The van der Waals surface area contributed by atoms with Crippen LogP contribution in [0.2, 0.25) is 5.02 Å². The molecule has 0 aliphatic carbocycles. The van der Waals surface area contributed by atoms with E-state index in [1.54, 1.807) is 35.0 Å². The Morgan fingerprint density at radius 3 is 2.25 bits per heavy atom. The molecule has 1 aromatic heterocycles. The van der Waals surface area contributed by atoms with Gasteiger partial charge in [-0.3, -0.25) is 20.4 Å². The van der Waals surface area contributed by atoms with E-state index in [0.29, 0.717) is 23.1 Å². The molecule has 2 aromatic carbocycles. The maximum absolute atomic E-state index is 12.4. The quantitative estimate of drug-likeness (QED) is 0.507. The molecular weight excluding hydrogens is 432 g/mol. The average molecular weight is 457 g/mol. The molecule has 2 N–H and O–H groups in total. The van der Waals surface area contributed by atoms with Crippen molar-refractivity contribution in [1.82, 2.24) is 20.6 Å². The first-order chi connectivity index (χ1) is 15.4. The van der Waals surface area contributed by atoms with Crippen molar-refractivity contribution in [2.75, 3.05) is 13.2 Å². The minimum atomic E-state index is -0.491. The molecule has 0 radical (unpaired) electrons. The second-order valence-corrected chi connectivity index (χ2v) is 7.42. The number of carbonyl (C=O) groups excluding carboxylic acids is 2. The predicted octanol–water partition coefficient (Wildman–Crippen LogP) is 3.31. The molecule has 8 nitrogen and oxygen atoms in total. The SMILES string of the molecule is CCOc1ccccc1OCC(=O)NNC(=O)Cc1c(C)nn(-c2ccc(Cl)cc2)c1C. The van der Waals surface area contributed by atoms with Crippen molar-refractivity contribution in [2.45, 2.75) is 27.2 Å². The van der Waals surface area contributed by atoms with Crippen LogP contribution in [0.3, 0.4) is 0 Å². The monoisotopic (exact) mass is 456 g/mol. The van der Waals surface area contributed by atoms with Gasteiger partial charge in [-0.2, -0.15) is 5.10 Å². The average Bonchev–Trinajstić information content (AvgIpc) is 3.06. The van der Waals surface area contributed by atoms with Crippen molar-refractivity contribution in [1.29, 1.82) is 0 Å². The van der Waals surface area contributed by atoms with E-state index in [-0.39, 0.29) is 18.9 Å². The fourth-order valence-electron chi connectivity index (χ4n) is 3.13. The molecule has 168 valence electrons. The molecule has 32 heavy (non-hydrogen) atoms. The second kappa shape index (κ2) is 10.7. The third-order valence-electron chi connectivity index (χ3n) is 4.70. The second-order valence-electron chi connectivity index (χ2n) is 6.98. The number of hydrogen-bond acceptors (Lipinski definition) is 5. The highest BCUT2D eigenvalue weighted by atomic mass is 35.5. The molecular formula is C23H25ClN4O4. The van der Waals surface area contributed by atoms with E-state index in [4.69, 9.17) is 21.1 Å². The van der Waals surface area contributed by atoms with Gasteiger partial charge >= 0.3 is 0 Å². The van der Waals surface area contributed by atoms with Crippen molar-refractivity contribution in [2.24, 2.45) is 0 Å². The molecule has 0 saturated carbocycles. The standard InChI is InChI=1S/C23H25ClN4O4/c1-4-31-20-7-5-6-8-21(20)32-14-23(30)26-25-22(29)13-19-15(2)27-28(16(19)3)18-11-9-17(24)10-12-18/h5-12H,4,13-14H2,1-3H3,(H,25,29)(H,26,30). The van der Waals surface area contributed by atoms with Gasteiger partial charge in [0.25, 0.3) is 5.91 Å². The van der Waals surface area contributed by atoms with E-state index in [2.05, 4.69) is 16.0 Å². The summed E-state index contributed by atoms with van der Waals surface area (Å²) in [6.45, 7) is 5.80. The number of ether oxygens (including phenoxy) is 2. The zero-order valence-corrected chi connectivity index (χ0v) is 18.9. The smallest absolute Gasteiger partial charge is 0.276 e. The van der Waals surface area contributed by atoms with Crippen LogP contribution in [0.25, 0.3) is 5.69 Å². The van der Waals surface area contributed by atoms with Crippen LogP contribution < -0.4 is 20.3 Å². The minimum Gasteiger partial charge on any atom is -0.490 e. The lowest BCUT2D eigenvalue weighted by Crippen LogP contribution is -2.44. The topological polar surface area (TPSA) is 94.5 Å². The lowest BCUT2D eigenvalue weighted by molar-refractivity contribution is -0.129. The van der Waals surface area contributed by atoms with Crippen molar-refractivity contribution in [3.63, 3.8) is 0 Å². The lowest BCUT2D eigenvalue weighted by atomic mass is 10.1. The van der Waals surface area contributed by atoms with Crippen LogP contribution in [0.4, 0.5) is 0 Å². The summed E-state index contributed by atoms with van der Waals surface area (Å²) in [4.78, 5) is 24.5. The van der Waals surface area contributed by atoms with E-state index in [1.807, 2.05) is 39.0 Å². The van der Waals surface area contributed by atoms with Crippen molar-refractivity contribution in [3.8, 4) is 17.2 Å². The van der Waals surface area contributed by atoms with Gasteiger partial charge in [-0.05, 0) is 57.2 Å². The van der Waals surface area contributed by atoms with Gasteiger partial charge in [-0.1, -0.05) is 23.7 Å². The van der Waals surface area contributed by atoms with Gasteiger partial charge in [0.1, 0.15) is 0 Å². The normalized spacial score (nSPS) is 10.5. The van der Waals surface area contributed by atoms with Crippen molar-refractivity contribution in [3.05, 3.63) is 70.5 Å². The Morgan fingerprint density at radius 2 is 1.59 bits per heavy atom. The number of nitrogens with one attached hydrogen (secondary N) is 2. The third-order valence-corrected chi connectivity index (χ3v) is 4.95. The Labute approximate surface area is 191 Å². The molecule has 9 heteroatoms. The third kappa shape index (κ3) is 5.79. The number of para-hydroxylation sites is 2. The van der Waals surface area contributed by atoms with Crippen LogP contribution >= 0.6 is 11.6 Å². The molecule has 1 heterocycles. The summed E-state index contributed by atoms with van der Waals surface area (Å²) in [6, 6.07) is 14.3.